The number of rotatable bonds is 5. The molecule has 1 N–H and O–H groups in total. The highest BCUT2D eigenvalue weighted by molar-refractivity contribution is 6.17. The fourth-order valence-electron chi connectivity index (χ4n) is 0.580. The third-order valence-corrected chi connectivity index (χ3v) is 1.38. The summed E-state index contributed by atoms with van der Waals surface area (Å²) in [4.78, 5) is 10.8. The Kier molecular flexibility index (Phi) is 6.71. The molecule has 0 aromatic rings. The molecule has 0 atom stereocenters. The third kappa shape index (κ3) is 5.89. The van der Waals surface area contributed by atoms with E-state index in [2.05, 4.69) is 5.32 Å². The van der Waals surface area contributed by atoms with Crippen LogP contribution in [0, 0.1) is 0 Å². The molecule has 0 radical (unpaired) electrons. The van der Waals surface area contributed by atoms with Crippen molar-refractivity contribution in [1.82, 2.24) is 5.32 Å². The van der Waals surface area contributed by atoms with Crippen LogP contribution in [0.5, 0.6) is 0 Å². The maximum absolute atomic E-state index is 10.8. The number of alkyl halides is 1. The fraction of sp³-hybridized carbons (Fsp3) is 0.857. The lowest BCUT2D eigenvalue weighted by atomic mass is 10.3. The number of carbonyl (C=O) groups is 1. The molecule has 0 saturated carbocycles. The highest BCUT2D eigenvalue weighted by Crippen LogP contribution is 1.90. The van der Waals surface area contributed by atoms with Crippen LogP contribution in [0.1, 0.15) is 26.2 Å². The van der Waals surface area contributed by atoms with Crippen LogP contribution < -0.4 is 5.32 Å². The molecule has 0 bridgehead atoms. The molecule has 0 heterocycles. The Labute approximate surface area is 66.9 Å². The minimum Gasteiger partial charge on any atom is -0.356 e. The molecule has 0 saturated heterocycles. The minimum absolute atomic E-state index is 0.113. The molecule has 3 heteroatoms. The summed E-state index contributed by atoms with van der Waals surface area (Å²) in [6, 6.07) is 0. The number of halogens is 1. The molecule has 2 nitrogen and oxygen atoms in total. The van der Waals surface area contributed by atoms with Crippen molar-refractivity contribution in [1.29, 1.82) is 0 Å². The maximum atomic E-state index is 10.8. The standard InChI is InChI=1S/C7H14ClNO/c1-2-6-9-7(10)4-3-5-8/h2-6H2,1H3,(H,9,10). The number of hydrogen-bond donors (Lipinski definition) is 1. The summed E-state index contributed by atoms with van der Waals surface area (Å²) in [6.45, 7) is 2.81. The van der Waals surface area contributed by atoms with Crippen molar-refractivity contribution in [2.24, 2.45) is 0 Å². The van der Waals surface area contributed by atoms with Crippen LogP contribution in [0.2, 0.25) is 0 Å². The molecule has 0 spiro atoms. The van der Waals surface area contributed by atoms with E-state index in [1.165, 1.54) is 0 Å². The fourth-order valence-corrected chi connectivity index (χ4v) is 0.714. The monoisotopic (exact) mass is 163 g/mol. The Hall–Kier alpha value is -0.240. The van der Waals surface area contributed by atoms with E-state index < -0.39 is 0 Å². The van der Waals surface area contributed by atoms with E-state index in [-0.39, 0.29) is 5.91 Å². The molecule has 60 valence electrons. The van der Waals surface area contributed by atoms with Crippen LogP contribution in [0.25, 0.3) is 0 Å². The predicted molar refractivity (Wildman–Crippen MR) is 43.3 cm³/mol. The summed E-state index contributed by atoms with van der Waals surface area (Å²) in [6.07, 6.45) is 2.33. The lowest BCUT2D eigenvalue weighted by Gasteiger charge is -2.00. The van der Waals surface area contributed by atoms with Crippen LogP contribution in [0.4, 0.5) is 0 Å². The van der Waals surface area contributed by atoms with Gasteiger partial charge >= 0.3 is 0 Å². The third-order valence-electron chi connectivity index (χ3n) is 1.11. The lowest BCUT2D eigenvalue weighted by Crippen LogP contribution is -2.23. The summed E-state index contributed by atoms with van der Waals surface area (Å²) in [5.41, 5.74) is 0. The minimum atomic E-state index is 0.113. The Balaban J connectivity index is 3.09. The first-order valence-electron chi connectivity index (χ1n) is 3.64. The molecular weight excluding hydrogens is 150 g/mol. The predicted octanol–water partition coefficient (Wildman–Crippen LogP) is 1.53. The molecule has 0 aromatic heterocycles. The van der Waals surface area contributed by atoms with E-state index >= 15 is 0 Å². The van der Waals surface area contributed by atoms with Gasteiger partial charge in [-0.2, -0.15) is 0 Å². The molecular formula is C7H14ClNO. The molecule has 0 fully saturated rings. The van der Waals surface area contributed by atoms with Crippen molar-refractivity contribution < 1.29 is 4.79 Å². The molecule has 10 heavy (non-hydrogen) atoms. The zero-order valence-electron chi connectivity index (χ0n) is 6.32. The van der Waals surface area contributed by atoms with Crippen molar-refractivity contribution >= 4 is 17.5 Å². The van der Waals surface area contributed by atoms with E-state index in [9.17, 15) is 4.79 Å². The summed E-state index contributed by atoms with van der Waals surface area (Å²) < 4.78 is 0. The van der Waals surface area contributed by atoms with Crippen LogP contribution >= 0.6 is 11.6 Å². The van der Waals surface area contributed by atoms with Gasteiger partial charge in [0.2, 0.25) is 5.91 Å². The van der Waals surface area contributed by atoms with E-state index in [4.69, 9.17) is 11.6 Å². The smallest absolute Gasteiger partial charge is 0.220 e. The van der Waals surface area contributed by atoms with Gasteiger partial charge in [0.15, 0.2) is 0 Å². The summed E-state index contributed by atoms with van der Waals surface area (Å²) in [5.74, 6) is 0.682. The van der Waals surface area contributed by atoms with E-state index in [0.29, 0.717) is 12.3 Å². The zero-order valence-corrected chi connectivity index (χ0v) is 7.08. The summed E-state index contributed by atoms with van der Waals surface area (Å²) >= 11 is 5.40. The van der Waals surface area contributed by atoms with Gasteiger partial charge in [-0.3, -0.25) is 4.79 Å². The quantitative estimate of drug-likeness (QED) is 0.612. The largest absolute Gasteiger partial charge is 0.356 e. The second-order valence-corrected chi connectivity index (χ2v) is 2.52. The van der Waals surface area contributed by atoms with Gasteiger partial charge in [0.05, 0.1) is 0 Å². The van der Waals surface area contributed by atoms with Crippen molar-refractivity contribution in [3.63, 3.8) is 0 Å². The molecule has 1 amide bonds. The summed E-state index contributed by atoms with van der Waals surface area (Å²) in [5, 5.41) is 2.77. The van der Waals surface area contributed by atoms with Gasteiger partial charge in [0.1, 0.15) is 0 Å². The molecule has 0 unspecified atom stereocenters. The van der Waals surface area contributed by atoms with Gasteiger partial charge in [0, 0.05) is 18.8 Å². The van der Waals surface area contributed by atoms with Gasteiger partial charge in [-0.15, -0.1) is 11.6 Å². The molecule has 0 aliphatic rings. The first-order valence-corrected chi connectivity index (χ1v) is 4.17. The molecule has 0 rings (SSSR count). The van der Waals surface area contributed by atoms with Gasteiger partial charge in [-0.05, 0) is 12.8 Å². The number of carbonyl (C=O) groups excluding carboxylic acids is 1. The topological polar surface area (TPSA) is 29.1 Å². The van der Waals surface area contributed by atoms with Gasteiger partial charge in [-0.25, -0.2) is 0 Å². The van der Waals surface area contributed by atoms with Crippen LogP contribution in [0.3, 0.4) is 0 Å². The Morgan fingerprint density at radius 1 is 1.60 bits per heavy atom. The van der Waals surface area contributed by atoms with E-state index in [1.807, 2.05) is 6.92 Å². The second-order valence-electron chi connectivity index (χ2n) is 2.14. The number of nitrogens with one attached hydrogen (secondary N) is 1. The second kappa shape index (κ2) is 6.87. The first-order chi connectivity index (χ1) is 4.81. The number of amides is 1. The van der Waals surface area contributed by atoms with Crippen LogP contribution in [0.15, 0.2) is 0 Å². The van der Waals surface area contributed by atoms with Crippen molar-refractivity contribution in [2.45, 2.75) is 26.2 Å². The van der Waals surface area contributed by atoms with Crippen LogP contribution in [-0.4, -0.2) is 18.3 Å². The zero-order chi connectivity index (χ0) is 7.82. The summed E-state index contributed by atoms with van der Waals surface area (Å²) in [7, 11) is 0. The average Bonchev–Trinajstić information content (AvgIpc) is 1.97. The molecule has 0 aliphatic carbocycles. The van der Waals surface area contributed by atoms with Gasteiger partial charge < -0.3 is 5.32 Å². The Morgan fingerprint density at radius 2 is 2.30 bits per heavy atom. The lowest BCUT2D eigenvalue weighted by molar-refractivity contribution is -0.121. The van der Waals surface area contributed by atoms with Crippen molar-refractivity contribution in [2.75, 3.05) is 12.4 Å². The Bertz CT molecular complexity index is 85.6. The SMILES string of the molecule is CCCNC(=O)CCCCl. The maximum Gasteiger partial charge on any atom is 0.220 e. The van der Waals surface area contributed by atoms with E-state index in [0.717, 1.165) is 19.4 Å². The van der Waals surface area contributed by atoms with Crippen LogP contribution in [-0.2, 0) is 4.79 Å². The highest BCUT2D eigenvalue weighted by Gasteiger charge is 1.96. The number of hydrogen-bond acceptors (Lipinski definition) is 1. The normalized spacial score (nSPS) is 9.40. The molecule has 0 aliphatic heterocycles. The highest BCUT2D eigenvalue weighted by atomic mass is 35.5. The Morgan fingerprint density at radius 3 is 2.80 bits per heavy atom. The van der Waals surface area contributed by atoms with Crippen molar-refractivity contribution in [3.05, 3.63) is 0 Å². The average molecular weight is 164 g/mol. The van der Waals surface area contributed by atoms with Gasteiger partial charge in [-0.1, -0.05) is 6.92 Å². The molecule has 0 aromatic carbocycles. The van der Waals surface area contributed by atoms with Crippen molar-refractivity contribution in [3.8, 4) is 0 Å². The van der Waals surface area contributed by atoms with E-state index in [1.54, 1.807) is 0 Å². The first kappa shape index (κ1) is 9.76. The van der Waals surface area contributed by atoms with Gasteiger partial charge in [0.25, 0.3) is 0 Å².